The first kappa shape index (κ1) is 17.9. The molecule has 4 aromatic carbocycles. The van der Waals surface area contributed by atoms with E-state index >= 15 is 0 Å². The van der Waals surface area contributed by atoms with Gasteiger partial charge in [-0.05, 0) is 63.1 Å². The first-order valence-electron chi connectivity index (χ1n) is 10.9. The molecule has 0 bridgehead atoms. The van der Waals surface area contributed by atoms with E-state index in [0.29, 0.717) is 5.92 Å². The molecule has 0 heterocycles. The van der Waals surface area contributed by atoms with Crippen LogP contribution in [0.5, 0.6) is 0 Å². The van der Waals surface area contributed by atoms with E-state index in [2.05, 4.69) is 98.9 Å². The van der Waals surface area contributed by atoms with Crippen molar-refractivity contribution in [3.05, 3.63) is 106 Å². The second-order valence-corrected chi connectivity index (χ2v) is 11.5. The molecule has 0 aromatic heterocycles. The Labute approximate surface area is 180 Å². The molecule has 0 nitrogen and oxygen atoms in total. The Morgan fingerprint density at radius 2 is 1.60 bits per heavy atom. The van der Waals surface area contributed by atoms with Gasteiger partial charge in [-0.3, -0.25) is 0 Å². The van der Waals surface area contributed by atoms with Crippen LogP contribution in [-0.2, 0) is 6.42 Å². The van der Waals surface area contributed by atoms with Crippen molar-refractivity contribution < 1.29 is 0 Å². The SMILES string of the molecule is CC1=Cc2c(ccc3ccccc23)C1c1c([Si](C)C)ccc2c1Cc1ccccc1-2. The minimum Gasteiger partial charge on any atom is -0.0671 e. The van der Waals surface area contributed by atoms with Crippen LogP contribution in [0.25, 0.3) is 28.0 Å². The van der Waals surface area contributed by atoms with Gasteiger partial charge < -0.3 is 0 Å². The maximum atomic E-state index is 2.45. The third kappa shape index (κ3) is 2.45. The average molecular weight is 402 g/mol. The number of fused-ring (bicyclic) bond motifs is 6. The van der Waals surface area contributed by atoms with Gasteiger partial charge in [0.05, 0.1) is 8.80 Å². The van der Waals surface area contributed by atoms with E-state index < -0.39 is 8.80 Å². The summed E-state index contributed by atoms with van der Waals surface area (Å²) in [6.45, 7) is 7.21. The van der Waals surface area contributed by atoms with E-state index in [1.54, 1.807) is 16.3 Å². The Morgan fingerprint density at radius 1 is 0.800 bits per heavy atom. The van der Waals surface area contributed by atoms with Crippen LogP contribution in [-0.4, -0.2) is 8.80 Å². The van der Waals surface area contributed by atoms with E-state index in [1.165, 1.54) is 44.2 Å². The molecule has 4 aromatic rings. The molecule has 1 unspecified atom stereocenters. The van der Waals surface area contributed by atoms with E-state index in [4.69, 9.17) is 0 Å². The number of allylic oxidation sites excluding steroid dienone is 1. The Morgan fingerprint density at radius 3 is 2.47 bits per heavy atom. The van der Waals surface area contributed by atoms with Crippen molar-refractivity contribution in [3.8, 4) is 11.1 Å². The first-order valence-corrected chi connectivity index (χ1v) is 13.4. The highest BCUT2D eigenvalue weighted by atomic mass is 28.3. The van der Waals surface area contributed by atoms with E-state index in [9.17, 15) is 0 Å². The molecule has 2 aliphatic rings. The number of rotatable bonds is 2. The molecule has 1 radical (unpaired) electrons. The fraction of sp³-hybridized carbons (Fsp3) is 0.172. The second-order valence-electron chi connectivity index (χ2n) is 9.00. The van der Waals surface area contributed by atoms with Gasteiger partial charge in [0.1, 0.15) is 0 Å². The van der Waals surface area contributed by atoms with E-state index in [1.807, 2.05) is 0 Å². The summed E-state index contributed by atoms with van der Waals surface area (Å²) in [4.78, 5) is 0. The maximum Gasteiger partial charge on any atom is 0.0795 e. The van der Waals surface area contributed by atoms with E-state index in [0.717, 1.165) is 6.42 Å². The van der Waals surface area contributed by atoms with Crippen molar-refractivity contribution in [2.75, 3.05) is 0 Å². The molecule has 0 fully saturated rings. The van der Waals surface area contributed by atoms with Gasteiger partial charge in [-0.15, -0.1) is 0 Å². The van der Waals surface area contributed by atoms with Gasteiger partial charge in [0.15, 0.2) is 0 Å². The van der Waals surface area contributed by atoms with Gasteiger partial charge in [0.2, 0.25) is 0 Å². The van der Waals surface area contributed by atoms with Crippen LogP contribution in [0, 0.1) is 0 Å². The molecule has 0 aliphatic heterocycles. The molecule has 0 spiro atoms. The molecule has 0 saturated carbocycles. The van der Waals surface area contributed by atoms with Crippen LogP contribution in [0.4, 0.5) is 0 Å². The highest BCUT2D eigenvalue weighted by Crippen LogP contribution is 2.47. The van der Waals surface area contributed by atoms with Crippen molar-refractivity contribution in [1.29, 1.82) is 0 Å². The quantitative estimate of drug-likeness (QED) is 0.282. The van der Waals surface area contributed by atoms with Gasteiger partial charge in [0, 0.05) is 5.92 Å². The number of benzene rings is 4. The maximum absolute atomic E-state index is 2.45. The Kier molecular flexibility index (Phi) is 3.91. The van der Waals surface area contributed by atoms with Gasteiger partial charge in [-0.2, -0.15) is 0 Å². The van der Waals surface area contributed by atoms with Gasteiger partial charge in [-0.25, -0.2) is 0 Å². The summed E-state index contributed by atoms with van der Waals surface area (Å²) in [6, 6.07) is 27.3. The predicted molar refractivity (Wildman–Crippen MR) is 131 cm³/mol. The average Bonchev–Trinajstić information content (AvgIpc) is 3.30. The van der Waals surface area contributed by atoms with Crippen LogP contribution >= 0.6 is 0 Å². The van der Waals surface area contributed by atoms with Crippen LogP contribution < -0.4 is 5.19 Å². The predicted octanol–water partition coefficient (Wildman–Crippen LogP) is 6.92. The number of hydrogen-bond donors (Lipinski definition) is 0. The molecule has 2 aliphatic carbocycles. The topological polar surface area (TPSA) is 0 Å². The van der Waals surface area contributed by atoms with Gasteiger partial charge in [-0.1, -0.05) is 103 Å². The summed E-state index contributed by atoms with van der Waals surface area (Å²) in [6.07, 6.45) is 3.52. The summed E-state index contributed by atoms with van der Waals surface area (Å²) in [7, 11) is -0.580. The normalized spacial score (nSPS) is 16.5. The van der Waals surface area contributed by atoms with E-state index in [-0.39, 0.29) is 0 Å². The Bertz CT molecular complexity index is 1360. The Hall–Kier alpha value is -2.90. The molecule has 1 atom stereocenters. The lowest BCUT2D eigenvalue weighted by Gasteiger charge is -2.25. The molecule has 0 N–H and O–H groups in total. The lowest BCUT2D eigenvalue weighted by atomic mass is 9.84. The zero-order chi connectivity index (χ0) is 20.4. The van der Waals surface area contributed by atoms with Crippen LogP contribution in [0.3, 0.4) is 0 Å². The van der Waals surface area contributed by atoms with Crippen molar-refractivity contribution in [1.82, 2.24) is 0 Å². The monoisotopic (exact) mass is 401 g/mol. The highest BCUT2D eigenvalue weighted by molar-refractivity contribution is 6.71. The van der Waals surface area contributed by atoms with Crippen molar-refractivity contribution in [2.45, 2.75) is 32.4 Å². The third-order valence-corrected chi connectivity index (χ3v) is 8.52. The lowest BCUT2D eigenvalue weighted by molar-refractivity contribution is 0.963. The molecule has 6 rings (SSSR count). The Balaban J connectivity index is 1.63. The summed E-state index contributed by atoms with van der Waals surface area (Å²) in [5.41, 5.74) is 11.9. The summed E-state index contributed by atoms with van der Waals surface area (Å²) in [5, 5.41) is 4.32. The zero-order valence-electron chi connectivity index (χ0n) is 17.8. The van der Waals surface area contributed by atoms with Gasteiger partial charge in [0.25, 0.3) is 0 Å². The van der Waals surface area contributed by atoms with Crippen LogP contribution in [0.2, 0.25) is 13.1 Å². The molecule has 145 valence electrons. The smallest absolute Gasteiger partial charge is 0.0671 e. The fourth-order valence-corrected chi connectivity index (χ4v) is 6.92. The fourth-order valence-electron chi connectivity index (χ4n) is 5.67. The third-order valence-electron chi connectivity index (χ3n) is 7.00. The highest BCUT2D eigenvalue weighted by Gasteiger charge is 2.33. The van der Waals surface area contributed by atoms with Crippen LogP contribution in [0.1, 0.15) is 40.7 Å². The lowest BCUT2D eigenvalue weighted by Crippen LogP contribution is -2.30. The largest absolute Gasteiger partial charge is 0.0795 e. The van der Waals surface area contributed by atoms with Crippen molar-refractivity contribution >= 4 is 30.8 Å². The molecule has 30 heavy (non-hydrogen) atoms. The molecular formula is C29H25Si. The van der Waals surface area contributed by atoms with Crippen molar-refractivity contribution in [3.63, 3.8) is 0 Å². The van der Waals surface area contributed by atoms with Crippen molar-refractivity contribution in [2.24, 2.45) is 0 Å². The molecule has 0 amide bonds. The second kappa shape index (κ2) is 6.55. The first-order chi connectivity index (χ1) is 14.6. The molecular weight excluding hydrogens is 376 g/mol. The van der Waals surface area contributed by atoms with Gasteiger partial charge >= 0.3 is 0 Å². The van der Waals surface area contributed by atoms with Crippen LogP contribution in [0.15, 0.2) is 78.4 Å². The summed E-state index contributed by atoms with van der Waals surface area (Å²) >= 11 is 0. The minimum atomic E-state index is -0.580. The number of hydrogen-bond acceptors (Lipinski definition) is 0. The summed E-state index contributed by atoms with van der Waals surface area (Å²) in [5.74, 6) is 0.378. The summed E-state index contributed by atoms with van der Waals surface area (Å²) < 4.78 is 0. The molecule has 0 saturated heterocycles. The standard InChI is InChI=1S/C29H25Si/c1-18-16-25-21-10-6-4-8-19(21)12-13-24(25)28(18)29-26-17-20-9-5-7-11-22(20)23(26)14-15-27(29)30(2)3/h4-16,28H,17H2,1-3H3. The minimum absolute atomic E-state index is 0.378. The molecule has 1 heteroatoms. The zero-order valence-corrected chi connectivity index (χ0v) is 18.8.